The number of fused-ring (bicyclic) bond motifs is 1. The number of aliphatic hydroxyl groups is 1. The van der Waals surface area contributed by atoms with Crippen LogP contribution in [0.2, 0.25) is 0 Å². The summed E-state index contributed by atoms with van der Waals surface area (Å²) >= 11 is 3.21. The summed E-state index contributed by atoms with van der Waals surface area (Å²) in [4.78, 5) is 30.8. The van der Waals surface area contributed by atoms with Crippen molar-refractivity contribution in [1.82, 2.24) is 18.7 Å². The Kier molecular flexibility index (Phi) is 6.69. The molecule has 0 spiro atoms. The summed E-state index contributed by atoms with van der Waals surface area (Å²) in [7, 11) is 0. The van der Waals surface area contributed by atoms with E-state index in [1.807, 2.05) is 13.8 Å². The minimum atomic E-state index is -0.527. The lowest BCUT2D eigenvalue weighted by Crippen LogP contribution is -2.41. The number of hydrogen-bond donors (Lipinski definition) is 1. The van der Waals surface area contributed by atoms with Gasteiger partial charge in [-0.3, -0.25) is 13.9 Å². The van der Waals surface area contributed by atoms with E-state index in [0.717, 1.165) is 23.8 Å². The molecule has 0 aliphatic heterocycles. The summed E-state index contributed by atoms with van der Waals surface area (Å²) in [6, 6.07) is 4.52. The predicted octanol–water partition coefficient (Wildman–Crippen LogP) is 3.01. The molecule has 0 aliphatic carbocycles. The van der Waals surface area contributed by atoms with Gasteiger partial charge in [0.05, 0.1) is 6.54 Å². The molecule has 29 heavy (non-hydrogen) atoms. The first-order chi connectivity index (χ1) is 13.9. The van der Waals surface area contributed by atoms with Gasteiger partial charge < -0.3 is 9.67 Å². The third kappa shape index (κ3) is 4.06. The van der Waals surface area contributed by atoms with Crippen molar-refractivity contribution in [2.45, 2.75) is 59.4 Å². The standard InChI is InChI=1S/C20H24BrFN4O3/c1-3-5-9-25-18-17(24(8-4-2)16(12-27)23-18)19(28)26(20(25)29)11-13-6-7-14(21)10-15(13)22/h6-7,10,27H,3-5,8-9,11-12H2,1-2H3. The van der Waals surface area contributed by atoms with Gasteiger partial charge in [0.15, 0.2) is 11.2 Å². The fraction of sp³-hybridized carbons (Fsp3) is 0.450. The summed E-state index contributed by atoms with van der Waals surface area (Å²) in [6.45, 7) is 4.32. The van der Waals surface area contributed by atoms with Crippen molar-refractivity contribution < 1.29 is 9.50 Å². The summed E-state index contributed by atoms with van der Waals surface area (Å²) in [5.74, 6) is -0.153. The van der Waals surface area contributed by atoms with E-state index >= 15 is 0 Å². The van der Waals surface area contributed by atoms with Crippen LogP contribution in [0.4, 0.5) is 4.39 Å². The van der Waals surface area contributed by atoms with E-state index in [1.54, 1.807) is 16.7 Å². The maximum absolute atomic E-state index is 14.4. The number of halogens is 2. The number of aromatic nitrogens is 4. The fourth-order valence-electron chi connectivity index (χ4n) is 3.40. The van der Waals surface area contributed by atoms with Gasteiger partial charge in [0.2, 0.25) is 0 Å². The zero-order valence-corrected chi connectivity index (χ0v) is 18.1. The molecular formula is C20H24BrFN4O3. The number of aliphatic hydroxyl groups excluding tert-OH is 1. The van der Waals surface area contributed by atoms with E-state index in [1.165, 1.54) is 10.6 Å². The van der Waals surface area contributed by atoms with Gasteiger partial charge in [-0.25, -0.2) is 14.2 Å². The Morgan fingerprint density at radius 2 is 1.86 bits per heavy atom. The molecule has 0 aliphatic rings. The highest BCUT2D eigenvalue weighted by Gasteiger charge is 2.21. The largest absolute Gasteiger partial charge is 0.388 e. The lowest BCUT2D eigenvalue weighted by molar-refractivity contribution is 0.265. The first-order valence-corrected chi connectivity index (χ1v) is 10.5. The van der Waals surface area contributed by atoms with Gasteiger partial charge >= 0.3 is 5.69 Å². The average molecular weight is 467 g/mol. The molecule has 0 atom stereocenters. The van der Waals surface area contributed by atoms with Crippen LogP contribution in [-0.4, -0.2) is 23.8 Å². The highest BCUT2D eigenvalue weighted by molar-refractivity contribution is 9.10. The van der Waals surface area contributed by atoms with Gasteiger partial charge in [-0.1, -0.05) is 42.3 Å². The van der Waals surface area contributed by atoms with Gasteiger partial charge in [0.1, 0.15) is 18.2 Å². The van der Waals surface area contributed by atoms with Crippen LogP contribution >= 0.6 is 15.9 Å². The number of rotatable bonds is 8. The van der Waals surface area contributed by atoms with Crippen molar-refractivity contribution in [3.63, 3.8) is 0 Å². The highest BCUT2D eigenvalue weighted by atomic mass is 79.9. The fourth-order valence-corrected chi connectivity index (χ4v) is 3.73. The van der Waals surface area contributed by atoms with Gasteiger partial charge in [-0.15, -0.1) is 0 Å². The van der Waals surface area contributed by atoms with Crippen LogP contribution < -0.4 is 11.2 Å². The highest BCUT2D eigenvalue weighted by Crippen LogP contribution is 2.17. The zero-order chi connectivity index (χ0) is 21.1. The molecular weight excluding hydrogens is 443 g/mol. The molecule has 156 valence electrons. The summed E-state index contributed by atoms with van der Waals surface area (Å²) in [5.41, 5.74) is -0.259. The molecule has 0 fully saturated rings. The van der Waals surface area contributed by atoms with Crippen LogP contribution in [0.3, 0.4) is 0 Å². The molecule has 1 N–H and O–H groups in total. The molecule has 0 radical (unpaired) electrons. The molecule has 2 heterocycles. The molecule has 1 aromatic carbocycles. The summed E-state index contributed by atoms with van der Waals surface area (Å²) in [5, 5.41) is 9.71. The second kappa shape index (κ2) is 9.04. The number of hydrogen-bond acceptors (Lipinski definition) is 4. The Morgan fingerprint density at radius 3 is 2.48 bits per heavy atom. The van der Waals surface area contributed by atoms with E-state index < -0.39 is 17.1 Å². The van der Waals surface area contributed by atoms with Gasteiger partial charge in [0.25, 0.3) is 5.56 Å². The maximum atomic E-state index is 14.4. The minimum absolute atomic E-state index is 0.176. The van der Waals surface area contributed by atoms with Crippen LogP contribution in [0, 0.1) is 5.82 Å². The topological polar surface area (TPSA) is 82.1 Å². The second-order valence-electron chi connectivity index (χ2n) is 6.92. The SMILES string of the molecule is CCCCn1c(=O)n(Cc2ccc(Br)cc2F)c(=O)c2c1nc(CO)n2CCC. The van der Waals surface area contributed by atoms with Crippen LogP contribution in [0.1, 0.15) is 44.5 Å². The Hall–Kier alpha value is -2.26. The van der Waals surface area contributed by atoms with Crippen molar-refractivity contribution >= 4 is 27.1 Å². The summed E-state index contributed by atoms with van der Waals surface area (Å²) < 4.78 is 19.1. The first-order valence-electron chi connectivity index (χ1n) is 9.70. The van der Waals surface area contributed by atoms with Crippen LogP contribution in [-0.2, 0) is 26.2 Å². The third-order valence-electron chi connectivity index (χ3n) is 4.86. The average Bonchev–Trinajstić information content (AvgIpc) is 3.05. The Labute approximate surface area is 175 Å². The van der Waals surface area contributed by atoms with Gasteiger partial charge in [-0.2, -0.15) is 0 Å². The molecule has 7 nitrogen and oxygen atoms in total. The normalized spacial score (nSPS) is 11.5. The molecule has 0 saturated heterocycles. The number of benzene rings is 1. The third-order valence-corrected chi connectivity index (χ3v) is 5.35. The van der Waals surface area contributed by atoms with Gasteiger partial charge in [0, 0.05) is 23.1 Å². The van der Waals surface area contributed by atoms with Crippen LogP contribution in [0.15, 0.2) is 32.3 Å². The first kappa shape index (κ1) is 21.4. The maximum Gasteiger partial charge on any atom is 0.333 e. The number of imidazole rings is 1. The van der Waals surface area contributed by atoms with E-state index in [4.69, 9.17) is 0 Å². The molecule has 0 amide bonds. The number of aryl methyl sites for hydroxylation is 2. The Bertz CT molecular complexity index is 1150. The lowest BCUT2D eigenvalue weighted by atomic mass is 10.2. The molecule has 9 heteroatoms. The van der Waals surface area contributed by atoms with Crippen molar-refractivity contribution in [2.24, 2.45) is 0 Å². The second-order valence-corrected chi connectivity index (χ2v) is 7.84. The molecule has 3 rings (SSSR count). The molecule has 2 aromatic heterocycles. The van der Waals surface area contributed by atoms with E-state index in [0.29, 0.717) is 23.4 Å². The van der Waals surface area contributed by atoms with Crippen molar-refractivity contribution in [1.29, 1.82) is 0 Å². The monoisotopic (exact) mass is 466 g/mol. The van der Waals surface area contributed by atoms with E-state index in [-0.39, 0.29) is 29.9 Å². The molecule has 0 bridgehead atoms. The van der Waals surface area contributed by atoms with Gasteiger partial charge in [-0.05, 0) is 25.0 Å². The van der Waals surface area contributed by atoms with Crippen LogP contribution in [0.5, 0.6) is 0 Å². The predicted molar refractivity (Wildman–Crippen MR) is 113 cm³/mol. The van der Waals surface area contributed by atoms with E-state index in [2.05, 4.69) is 20.9 Å². The smallest absolute Gasteiger partial charge is 0.333 e. The Balaban J connectivity index is 2.30. The summed E-state index contributed by atoms with van der Waals surface area (Å²) in [6.07, 6.45) is 2.32. The quantitative estimate of drug-likeness (QED) is 0.553. The zero-order valence-electron chi connectivity index (χ0n) is 16.5. The Morgan fingerprint density at radius 1 is 1.10 bits per heavy atom. The van der Waals surface area contributed by atoms with Crippen molar-refractivity contribution in [3.8, 4) is 0 Å². The molecule has 0 unspecified atom stereocenters. The number of unbranched alkanes of at least 4 members (excludes halogenated alkanes) is 1. The number of nitrogens with zero attached hydrogens (tertiary/aromatic N) is 4. The molecule has 0 saturated carbocycles. The van der Waals surface area contributed by atoms with Crippen LogP contribution in [0.25, 0.3) is 11.2 Å². The molecule has 3 aromatic rings. The van der Waals surface area contributed by atoms with E-state index in [9.17, 15) is 19.1 Å². The lowest BCUT2D eigenvalue weighted by Gasteiger charge is -2.13. The van der Waals surface area contributed by atoms with Crippen molar-refractivity contribution in [3.05, 3.63) is 60.7 Å². The minimum Gasteiger partial charge on any atom is -0.388 e. The van der Waals surface area contributed by atoms with Crippen molar-refractivity contribution in [2.75, 3.05) is 0 Å².